The topological polar surface area (TPSA) is 6.48 Å². The zero-order valence-corrected chi connectivity index (χ0v) is 9.52. The molecule has 2 nitrogen and oxygen atoms in total. The van der Waals surface area contributed by atoms with E-state index in [1.54, 1.807) is 0 Å². The second kappa shape index (κ2) is 4.20. The van der Waals surface area contributed by atoms with Gasteiger partial charge in [-0.3, -0.25) is 4.31 Å². The van der Waals surface area contributed by atoms with Crippen molar-refractivity contribution in [1.82, 2.24) is 9.21 Å². The Labute approximate surface area is 85.8 Å². The van der Waals surface area contributed by atoms with Gasteiger partial charge in [-0.1, -0.05) is 11.9 Å². The first-order chi connectivity index (χ1) is 6.29. The molecule has 2 aliphatic rings. The first kappa shape index (κ1) is 9.81. The van der Waals surface area contributed by atoms with Crippen molar-refractivity contribution in [1.29, 1.82) is 0 Å². The molecule has 0 atom stereocenters. The molecule has 0 aromatic rings. The van der Waals surface area contributed by atoms with Gasteiger partial charge in [0.2, 0.25) is 0 Å². The highest BCUT2D eigenvalue weighted by Crippen LogP contribution is 2.33. The summed E-state index contributed by atoms with van der Waals surface area (Å²) in [6, 6.07) is 0. The van der Waals surface area contributed by atoms with Crippen LogP contribution in [0.25, 0.3) is 0 Å². The predicted molar refractivity (Wildman–Crippen MR) is 58.8 cm³/mol. The molecule has 2 aliphatic heterocycles. The maximum atomic E-state index is 2.48. The maximum Gasteiger partial charge on any atom is 0.0133 e. The van der Waals surface area contributed by atoms with Crippen LogP contribution in [0.3, 0.4) is 0 Å². The molecule has 13 heavy (non-hydrogen) atoms. The van der Waals surface area contributed by atoms with Gasteiger partial charge in [0.1, 0.15) is 0 Å². The third kappa shape index (κ3) is 2.20. The number of piperidine rings is 1. The molecule has 2 heterocycles. The first-order valence-corrected chi connectivity index (χ1v) is 6.45. The first-order valence-electron chi connectivity index (χ1n) is 5.27. The van der Waals surface area contributed by atoms with E-state index >= 15 is 0 Å². The van der Waals surface area contributed by atoms with Crippen molar-refractivity contribution in [3.63, 3.8) is 0 Å². The summed E-state index contributed by atoms with van der Waals surface area (Å²) in [7, 11) is 2.24. The van der Waals surface area contributed by atoms with Crippen LogP contribution in [0, 0.1) is 11.8 Å². The molecule has 3 heteroatoms. The normalized spacial score (nSPS) is 29.1. The minimum absolute atomic E-state index is 1.01. The van der Waals surface area contributed by atoms with Gasteiger partial charge in [0.05, 0.1) is 0 Å². The van der Waals surface area contributed by atoms with Gasteiger partial charge < -0.3 is 4.90 Å². The van der Waals surface area contributed by atoms with Crippen LogP contribution in [0.5, 0.6) is 0 Å². The minimum atomic E-state index is 1.01. The van der Waals surface area contributed by atoms with Gasteiger partial charge in [-0.2, -0.15) is 0 Å². The van der Waals surface area contributed by atoms with E-state index in [0.717, 1.165) is 11.8 Å². The van der Waals surface area contributed by atoms with E-state index in [4.69, 9.17) is 0 Å². The summed E-state index contributed by atoms with van der Waals surface area (Å²) in [4.78, 5) is 2.46. The molecule has 0 aliphatic carbocycles. The Hall–Kier alpha value is 0.270. The predicted octanol–water partition coefficient (Wildman–Crippen LogP) is 1.54. The molecule has 0 aromatic heterocycles. The highest BCUT2D eigenvalue weighted by atomic mass is 32.2. The summed E-state index contributed by atoms with van der Waals surface area (Å²) in [5.41, 5.74) is 0. The molecular weight excluding hydrogens is 180 g/mol. The SMILES string of the molecule is CSN1CC(C2CCN(C)CC2)C1. The third-order valence-electron chi connectivity index (χ3n) is 3.56. The van der Waals surface area contributed by atoms with E-state index in [1.165, 1.54) is 39.0 Å². The van der Waals surface area contributed by atoms with Crippen LogP contribution in [0.2, 0.25) is 0 Å². The van der Waals surface area contributed by atoms with Crippen LogP contribution in [0.4, 0.5) is 0 Å². The Morgan fingerprint density at radius 3 is 2.23 bits per heavy atom. The van der Waals surface area contributed by atoms with Crippen LogP contribution in [-0.2, 0) is 0 Å². The summed E-state index contributed by atoms with van der Waals surface area (Å²) in [5.74, 6) is 2.04. The van der Waals surface area contributed by atoms with Gasteiger partial charge in [0.25, 0.3) is 0 Å². The highest BCUT2D eigenvalue weighted by Gasteiger charge is 2.34. The Bertz CT molecular complexity index is 160. The van der Waals surface area contributed by atoms with Gasteiger partial charge in [-0.05, 0) is 51.1 Å². The van der Waals surface area contributed by atoms with E-state index in [9.17, 15) is 0 Å². The molecule has 76 valence electrons. The summed E-state index contributed by atoms with van der Waals surface area (Å²) >= 11 is 1.90. The summed E-state index contributed by atoms with van der Waals surface area (Å²) < 4.78 is 2.48. The Morgan fingerprint density at radius 2 is 1.69 bits per heavy atom. The van der Waals surface area contributed by atoms with Crippen molar-refractivity contribution in [3.05, 3.63) is 0 Å². The number of hydrogen-bond acceptors (Lipinski definition) is 3. The van der Waals surface area contributed by atoms with Gasteiger partial charge in [-0.25, -0.2) is 0 Å². The van der Waals surface area contributed by atoms with E-state index < -0.39 is 0 Å². The largest absolute Gasteiger partial charge is 0.306 e. The van der Waals surface area contributed by atoms with Crippen LogP contribution in [0.15, 0.2) is 0 Å². The molecule has 0 aromatic carbocycles. The smallest absolute Gasteiger partial charge is 0.0133 e. The molecule has 0 saturated carbocycles. The monoisotopic (exact) mass is 200 g/mol. The molecular formula is C10H20N2S. The van der Waals surface area contributed by atoms with Gasteiger partial charge >= 0.3 is 0 Å². The van der Waals surface area contributed by atoms with Crippen LogP contribution in [0.1, 0.15) is 12.8 Å². The fraction of sp³-hybridized carbons (Fsp3) is 1.00. The van der Waals surface area contributed by atoms with Gasteiger partial charge in [-0.15, -0.1) is 0 Å². The van der Waals surface area contributed by atoms with Gasteiger partial charge in [0.15, 0.2) is 0 Å². The average molecular weight is 200 g/mol. The Morgan fingerprint density at radius 1 is 1.08 bits per heavy atom. The van der Waals surface area contributed by atoms with E-state index in [-0.39, 0.29) is 0 Å². The van der Waals surface area contributed by atoms with E-state index in [0.29, 0.717) is 0 Å². The molecule has 0 N–H and O–H groups in total. The van der Waals surface area contributed by atoms with Gasteiger partial charge in [0, 0.05) is 13.1 Å². The standard InChI is InChI=1S/C10H20N2S/c1-11-5-3-9(4-6-11)10-7-12(8-10)13-2/h9-10H,3-8H2,1-2H3. The molecule has 0 unspecified atom stereocenters. The third-order valence-corrected chi connectivity index (χ3v) is 4.38. The van der Waals surface area contributed by atoms with Crippen molar-refractivity contribution < 1.29 is 0 Å². The Kier molecular flexibility index (Phi) is 3.17. The second-order valence-corrected chi connectivity index (χ2v) is 5.31. The average Bonchev–Trinajstić information content (AvgIpc) is 2.06. The second-order valence-electron chi connectivity index (χ2n) is 4.43. The van der Waals surface area contributed by atoms with Crippen molar-refractivity contribution in [2.75, 3.05) is 39.5 Å². The lowest BCUT2D eigenvalue weighted by molar-refractivity contribution is 0.0930. The highest BCUT2D eigenvalue weighted by molar-refractivity contribution is 7.96. The lowest BCUT2D eigenvalue weighted by Crippen LogP contribution is -2.48. The molecule has 2 fully saturated rings. The number of hydrogen-bond donors (Lipinski definition) is 0. The van der Waals surface area contributed by atoms with Crippen LogP contribution < -0.4 is 0 Å². The fourth-order valence-corrected chi connectivity index (χ4v) is 3.10. The van der Waals surface area contributed by atoms with Crippen molar-refractivity contribution >= 4 is 11.9 Å². The maximum absolute atomic E-state index is 2.48. The minimum Gasteiger partial charge on any atom is -0.306 e. The van der Waals surface area contributed by atoms with E-state index in [2.05, 4.69) is 22.5 Å². The lowest BCUT2D eigenvalue weighted by atomic mass is 9.81. The molecule has 0 radical (unpaired) electrons. The van der Waals surface area contributed by atoms with Crippen molar-refractivity contribution in [2.45, 2.75) is 12.8 Å². The number of rotatable bonds is 2. The molecule has 0 bridgehead atoms. The van der Waals surface area contributed by atoms with Crippen LogP contribution >= 0.6 is 11.9 Å². The Balaban J connectivity index is 1.71. The summed E-state index contributed by atoms with van der Waals surface area (Å²) in [6.07, 6.45) is 5.05. The molecule has 2 saturated heterocycles. The summed E-state index contributed by atoms with van der Waals surface area (Å²) in [5, 5.41) is 0. The molecule has 2 rings (SSSR count). The quantitative estimate of drug-likeness (QED) is 0.624. The fourth-order valence-electron chi connectivity index (χ4n) is 2.42. The van der Waals surface area contributed by atoms with Crippen LogP contribution in [-0.4, -0.2) is 48.7 Å². The molecule has 0 amide bonds. The zero-order chi connectivity index (χ0) is 9.26. The van der Waals surface area contributed by atoms with E-state index in [1.807, 2.05) is 11.9 Å². The number of nitrogens with zero attached hydrogens (tertiary/aromatic N) is 2. The summed E-state index contributed by atoms with van der Waals surface area (Å²) in [6.45, 7) is 5.33. The number of likely N-dealkylation sites (tertiary alicyclic amines) is 1. The van der Waals surface area contributed by atoms with Crippen molar-refractivity contribution in [3.8, 4) is 0 Å². The van der Waals surface area contributed by atoms with Crippen molar-refractivity contribution in [2.24, 2.45) is 11.8 Å². The zero-order valence-electron chi connectivity index (χ0n) is 8.70. The lowest BCUT2D eigenvalue weighted by Gasteiger charge is -2.44. The molecule has 0 spiro atoms.